The molecule has 3 aromatic rings. The Hall–Kier alpha value is -2.74. The number of halogens is 1. The van der Waals surface area contributed by atoms with Crippen LogP contribution in [-0.2, 0) is 19.6 Å². The number of hydrogen-bond donors (Lipinski definition) is 1. The van der Waals surface area contributed by atoms with Gasteiger partial charge in [0.25, 0.3) is 11.8 Å². The summed E-state index contributed by atoms with van der Waals surface area (Å²) in [6.07, 6.45) is 0. The van der Waals surface area contributed by atoms with Crippen LogP contribution in [0.5, 0.6) is 0 Å². The van der Waals surface area contributed by atoms with Gasteiger partial charge in [-0.3, -0.25) is 9.69 Å². The van der Waals surface area contributed by atoms with Gasteiger partial charge in [0.1, 0.15) is 0 Å². The lowest BCUT2D eigenvalue weighted by molar-refractivity contribution is 0.0766. The standard InChI is InChI=1S/C24H26ClN5O2/c1-15-9-18(23-27-21(28-32-23)14-29-8-7-26-16(2)11-29)10-19-13-30(24(31)22(15)19)12-17-3-5-20(25)6-4-17/h3-6,9-10,16,26H,7-8,11-14H2,1-2H3. The zero-order chi connectivity index (χ0) is 22.2. The fourth-order valence-corrected chi connectivity index (χ4v) is 4.71. The minimum absolute atomic E-state index is 0.0537. The van der Waals surface area contributed by atoms with Crippen LogP contribution in [0.25, 0.3) is 11.5 Å². The fourth-order valence-electron chi connectivity index (χ4n) is 4.58. The van der Waals surface area contributed by atoms with Crippen molar-refractivity contribution in [2.24, 2.45) is 0 Å². The lowest BCUT2D eigenvalue weighted by Crippen LogP contribution is -2.48. The molecule has 5 rings (SSSR count). The normalized spacial score (nSPS) is 18.9. The maximum Gasteiger partial charge on any atom is 0.257 e. The van der Waals surface area contributed by atoms with E-state index in [4.69, 9.17) is 16.1 Å². The molecule has 0 aliphatic carbocycles. The molecule has 32 heavy (non-hydrogen) atoms. The van der Waals surface area contributed by atoms with Crippen LogP contribution >= 0.6 is 11.6 Å². The first-order valence-electron chi connectivity index (χ1n) is 10.9. The second-order valence-electron chi connectivity index (χ2n) is 8.72. The van der Waals surface area contributed by atoms with Gasteiger partial charge in [0.2, 0.25) is 0 Å². The minimum atomic E-state index is 0.0537. The molecule has 8 heteroatoms. The van der Waals surface area contributed by atoms with Gasteiger partial charge in [-0.2, -0.15) is 4.98 Å². The van der Waals surface area contributed by atoms with E-state index in [9.17, 15) is 4.79 Å². The first-order chi connectivity index (χ1) is 15.5. The van der Waals surface area contributed by atoms with E-state index in [1.807, 2.05) is 48.2 Å². The Kier molecular flexibility index (Phi) is 5.71. The van der Waals surface area contributed by atoms with E-state index in [-0.39, 0.29) is 5.91 Å². The van der Waals surface area contributed by atoms with Crippen LogP contribution in [0.4, 0.5) is 0 Å². The van der Waals surface area contributed by atoms with E-state index in [0.29, 0.717) is 42.4 Å². The summed E-state index contributed by atoms with van der Waals surface area (Å²) in [4.78, 5) is 21.8. The number of aromatic nitrogens is 2. The number of carbonyl (C=O) groups excluding carboxylic acids is 1. The molecule has 1 atom stereocenters. The third-order valence-corrected chi connectivity index (χ3v) is 6.35. The average molecular weight is 452 g/mol. The average Bonchev–Trinajstić information content (AvgIpc) is 3.34. The SMILES string of the molecule is Cc1cc(-c2nc(CN3CCNC(C)C3)no2)cc2c1C(=O)N(Cc1ccc(Cl)cc1)C2. The molecule has 0 radical (unpaired) electrons. The summed E-state index contributed by atoms with van der Waals surface area (Å²) in [5, 5.41) is 8.32. The van der Waals surface area contributed by atoms with Gasteiger partial charge in [0.15, 0.2) is 5.82 Å². The monoisotopic (exact) mass is 451 g/mol. The van der Waals surface area contributed by atoms with Crippen molar-refractivity contribution in [1.82, 2.24) is 25.3 Å². The number of nitrogens with zero attached hydrogens (tertiary/aromatic N) is 4. The van der Waals surface area contributed by atoms with E-state index in [2.05, 4.69) is 27.3 Å². The van der Waals surface area contributed by atoms with Crippen LogP contribution in [0.1, 0.15) is 39.8 Å². The van der Waals surface area contributed by atoms with Crippen molar-refractivity contribution in [2.45, 2.75) is 39.5 Å². The Morgan fingerprint density at radius 3 is 2.81 bits per heavy atom. The van der Waals surface area contributed by atoms with Crippen LogP contribution in [0.2, 0.25) is 5.02 Å². The highest BCUT2D eigenvalue weighted by Crippen LogP contribution is 2.32. The molecule has 1 N–H and O–H groups in total. The zero-order valence-corrected chi connectivity index (χ0v) is 19.0. The number of nitrogens with one attached hydrogen (secondary N) is 1. The van der Waals surface area contributed by atoms with Crippen molar-refractivity contribution in [3.63, 3.8) is 0 Å². The van der Waals surface area contributed by atoms with Gasteiger partial charge in [-0.1, -0.05) is 28.9 Å². The molecule has 0 spiro atoms. The predicted octanol–water partition coefficient (Wildman–Crippen LogP) is 3.65. The molecule has 1 amide bonds. The molecule has 1 unspecified atom stereocenters. The highest BCUT2D eigenvalue weighted by molar-refractivity contribution is 6.30. The van der Waals surface area contributed by atoms with Crippen molar-refractivity contribution in [3.8, 4) is 11.5 Å². The summed E-state index contributed by atoms with van der Waals surface area (Å²) in [7, 11) is 0. The first-order valence-corrected chi connectivity index (χ1v) is 11.3. The molecule has 3 heterocycles. The van der Waals surface area contributed by atoms with E-state index < -0.39 is 0 Å². The van der Waals surface area contributed by atoms with Crippen LogP contribution in [-0.4, -0.2) is 51.5 Å². The van der Waals surface area contributed by atoms with Gasteiger partial charge in [-0.25, -0.2) is 0 Å². The molecule has 0 bridgehead atoms. The number of piperazine rings is 1. The van der Waals surface area contributed by atoms with Crippen LogP contribution in [0.15, 0.2) is 40.9 Å². The van der Waals surface area contributed by atoms with Gasteiger partial charge < -0.3 is 14.7 Å². The molecular formula is C24H26ClN5O2. The van der Waals surface area contributed by atoms with Crippen LogP contribution in [0.3, 0.4) is 0 Å². The number of fused-ring (bicyclic) bond motifs is 1. The molecule has 2 aliphatic rings. The van der Waals surface area contributed by atoms with Crippen LogP contribution < -0.4 is 5.32 Å². The summed E-state index contributed by atoms with van der Waals surface area (Å²) in [5.74, 6) is 1.24. The number of benzene rings is 2. The summed E-state index contributed by atoms with van der Waals surface area (Å²) >= 11 is 5.98. The van der Waals surface area contributed by atoms with Crippen LogP contribution in [0, 0.1) is 6.92 Å². The summed E-state index contributed by atoms with van der Waals surface area (Å²) < 4.78 is 5.58. The Morgan fingerprint density at radius 2 is 2.03 bits per heavy atom. The van der Waals surface area contributed by atoms with E-state index in [1.165, 1.54) is 0 Å². The number of aryl methyl sites for hydroxylation is 1. The minimum Gasteiger partial charge on any atom is -0.334 e. The molecular weight excluding hydrogens is 426 g/mol. The van der Waals surface area contributed by atoms with E-state index >= 15 is 0 Å². The lowest BCUT2D eigenvalue weighted by Gasteiger charge is -2.30. The highest BCUT2D eigenvalue weighted by Gasteiger charge is 2.30. The molecule has 0 saturated carbocycles. The highest BCUT2D eigenvalue weighted by atomic mass is 35.5. The third kappa shape index (κ3) is 4.28. The van der Waals surface area contributed by atoms with Crippen molar-refractivity contribution in [1.29, 1.82) is 0 Å². The number of rotatable bonds is 5. The second-order valence-corrected chi connectivity index (χ2v) is 9.16. The van der Waals surface area contributed by atoms with Gasteiger partial charge in [-0.05, 0) is 54.8 Å². The Labute approximate surface area is 192 Å². The molecule has 7 nitrogen and oxygen atoms in total. The molecule has 2 aromatic carbocycles. The maximum atomic E-state index is 13.0. The van der Waals surface area contributed by atoms with Crippen molar-refractivity contribution < 1.29 is 9.32 Å². The quantitative estimate of drug-likeness (QED) is 0.638. The van der Waals surface area contributed by atoms with E-state index in [0.717, 1.165) is 47.5 Å². The molecule has 1 aromatic heterocycles. The summed E-state index contributed by atoms with van der Waals surface area (Å²) in [6, 6.07) is 12.0. The molecule has 166 valence electrons. The number of carbonyl (C=O) groups is 1. The zero-order valence-electron chi connectivity index (χ0n) is 18.3. The first kappa shape index (κ1) is 21.1. The number of hydrogen-bond acceptors (Lipinski definition) is 6. The van der Waals surface area contributed by atoms with Gasteiger partial charge in [0.05, 0.1) is 6.54 Å². The van der Waals surface area contributed by atoms with Gasteiger partial charge in [-0.15, -0.1) is 0 Å². The lowest BCUT2D eigenvalue weighted by atomic mass is 10.0. The second kappa shape index (κ2) is 8.65. The van der Waals surface area contributed by atoms with E-state index in [1.54, 1.807) is 0 Å². The number of amides is 1. The fraction of sp³-hybridized carbons (Fsp3) is 0.375. The smallest absolute Gasteiger partial charge is 0.257 e. The predicted molar refractivity (Wildman–Crippen MR) is 122 cm³/mol. The Morgan fingerprint density at radius 1 is 1.22 bits per heavy atom. The summed E-state index contributed by atoms with van der Waals surface area (Å²) in [5.41, 5.74) is 4.61. The maximum absolute atomic E-state index is 13.0. The molecule has 1 saturated heterocycles. The van der Waals surface area contributed by atoms with Crippen molar-refractivity contribution >= 4 is 17.5 Å². The van der Waals surface area contributed by atoms with Gasteiger partial charge in [0, 0.05) is 54.9 Å². The Balaban J connectivity index is 1.33. The van der Waals surface area contributed by atoms with Crippen molar-refractivity contribution in [3.05, 3.63) is 69.5 Å². The van der Waals surface area contributed by atoms with Gasteiger partial charge >= 0.3 is 0 Å². The molecule has 1 fully saturated rings. The van der Waals surface area contributed by atoms with Crippen molar-refractivity contribution in [2.75, 3.05) is 19.6 Å². The molecule has 2 aliphatic heterocycles. The largest absolute Gasteiger partial charge is 0.334 e. The topological polar surface area (TPSA) is 74.5 Å². The summed E-state index contributed by atoms with van der Waals surface area (Å²) in [6.45, 7) is 8.83. The third-order valence-electron chi connectivity index (χ3n) is 6.10. The Bertz CT molecular complexity index is 1140.